The third kappa shape index (κ3) is 5.33. The van der Waals surface area contributed by atoms with E-state index in [1.54, 1.807) is 7.05 Å². The van der Waals surface area contributed by atoms with Crippen molar-refractivity contribution >= 4 is 10.2 Å². The first-order valence-corrected chi connectivity index (χ1v) is 7.41. The molecule has 0 aliphatic rings. The molecular weight excluding hydrogens is 238 g/mol. The fourth-order valence-electron chi connectivity index (χ4n) is 1.38. The molecule has 5 nitrogen and oxygen atoms in total. The lowest BCUT2D eigenvalue weighted by Crippen LogP contribution is -2.51. The first-order chi connectivity index (χ1) is 7.52. The van der Waals surface area contributed by atoms with Crippen LogP contribution in [0.3, 0.4) is 0 Å². The Morgan fingerprint density at radius 3 is 2.06 bits per heavy atom. The minimum absolute atomic E-state index is 0.0639. The van der Waals surface area contributed by atoms with Gasteiger partial charge in [0.2, 0.25) is 0 Å². The molecule has 104 valence electrons. The Labute approximate surface area is 106 Å². The van der Waals surface area contributed by atoms with E-state index in [0.29, 0.717) is 13.0 Å². The maximum atomic E-state index is 12.1. The fourth-order valence-corrected chi connectivity index (χ4v) is 2.93. The van der Waals surface area contributed by atoms with Crippen LogP contribution in [0.1, 0.15) is 41.0 Å². The van der Waals surface area contributed by atoms with Crippen LogP contribution in [0.4, 0.5) is 0 Å². The standard InChI is InChI=1S/C11H27N3O2S/c1-9(2)14(6)17(15,16)13-10(7-8-12)11(3,4)5/h9-10,13H,7-8,12H2,1-6H3. The van der Waals surface area contributed by atoms with Crippen LogP contribution in [-0.2, 0) is 10.2 Å². The summed E-state index contributed by atoms with van der Waals surface area (Å²) in [5, 5.41) is 0. The third-order valence-electron chi connectivity index (χ3n) is 2.90. The van der Waals surface area contributed by atoms with Gasteiger partial charge >= 0.3 is 0 Å². The largest absolute Gasteiger partial charge is 0.330 e. The molecule has 3 N–H and O–H groups in total. The first kappa shape index (κ1) is 16.8. The lowest BCUT2D eigenvalue weighted by Gasteiger charge is -2.33. The molecule has 0 radical (unpaired) electrons. The van der Waals surface area contributed by atoms with Gasteiger partial charge in [-0.3, -0.25) is 0 Å². The molecule has 0 aliphatic heterocycles. The van der Waals surface area contributed by atoms with E-state index >= 15 is 0 Å². The summed E-state index contributed by atoms with van der Waals surface area (Å²) in [6.07, 6.45) is 0.634. The van der Waals surface area contributed by atoms with Crippen molar-refractivity contribution in [3.63, 3.8) is 0 Å². The van der Waals surface area contributed by atoms with Crippen molar-refractivity contribution in [2.45, 2.75) is 53.1 Å². The summed E-state index contributed by atoms with van der Waals surface area (Å²) < 4.78 is 28.2. The number of hydrogen-bond acceptors (Lipinski definition) is 3. The summed E-state index contributed by atoms with van der Waals surface area (Å²) in [7, 11) is -1.86. The van der Waals surface area contributed by atoms with E-state index in [-0.39, 0.29) is 17.5 Å². The van der Waals surface area contributed by atoms with E-state index in [9.17, 15) is 8.42 Å². The van der Waals surface area contributed by atoms with Crippen molar-refractivity contribution in [2.75, 3.05) is 13.6 Å². The van der Waals surface area contributed by atoms with Crippen LogP contribution in [-0.4, -0.2) is 38.4 Å². The molecule has 6 heteroatoms. The lowest BCUT2D eigenvalue weighted by atomic mass is 9.85. The summed E-state index contributed by atoms with van der Waals surface area (Å²) in [6.45, 7) is 10.2. The van der Waals surface area contributed by atoms with Gasteiger partial charge in [-0.1, -0.05) is 20.8 Å². The van der Waals surface area contributed by atoms with Gasteiger partial charge in [-0.15, -0.1) is 0 Å². The summed E-state index contributed by atoms with van der Waals surface area (Å²) in [5.74, 6) is 0. The van der Waals surface area contributed by atoms with Gasteiger partial charge in [0.05, 0.1) is 0 Å². The normalized spacial score (nSPS) is 15.6. The van der Waals surface area contributed by atoms with Crippen LogP contribution < -0.4 is 10.5 Å². The van der Waals surface area contributed by atoms with Gasteiger partial charge in [0.15, 0.2) is 0 Å². The molecule has 0 aromatic heterocycles. The highest BCUT2D eigenvalue weighted by Gasteiger charge is 2.30. The van der Waals surface area contributed by atoms with E-state index in [1.165, 1.54) is 4.31 Å². The summed E-state index contributed by atoms with van der Waals surface area (Å²) >= 11 is 0. The highest BCUT2D eigenvalue weighted by molar-refractivity contribution is 7.87. The second kappa shape index (κ2) is 6.13. The summed E-state index contributed by atoms with van der Waals surface area (Å²) in [4.78, 5) is 0. The van der Waals surface area contributed by atoms with E-state index < -0.39 is 10.2 Å². The van der Waals surface area contributed by atoms with Crippen molar-refractivity contribution in [1.29, 1.82) is 0 Å². The van der Waals surface area contributed by atoms with Crippen molar-refractivity contribution in [1.82, 2.24) is 9.03 Å². The molecule has 0 amide bonds. The molecule has 1 unspecified atom stereocenters. The van der Waals surface area contributed by atoms with E-state index in [1.807, 2.05) is 34.6 Å². The van der Waals surface area contributed by atoms with E-state index in [2.05, 4.69) is 4.72 Å². The smallest absolute Gasteiger partial charge is 0.279 e. The molecule has 0 bridgehead atoms. The highest BCUT2D eigenvalue weighted by Crippen LogP contribution is 2.22. The molecule has 0 saturated carbocycles. The topological polar surface area (TPSA) is 75.4 Å². The van der Waals surface area contributed by atoms with Crippen molar-refractivity contribution in [3.8, 4) is 0 Å². The number of nitrogens with one attached hydrogen (secondary N) is 1. The van der Waals surface area contributed by atoms with E-state index in [0.717, 1.165) is 0 Å². The third-order valence-corrected chi connectivity index (χ3v) is 4.66. The highest BCUT2D eigenvalue weighted by atomic mass is 32.2. The number of nitrogens with two attached hydrogens (primary N) is 1. The molecule has 0 rings (SSSR count). The molecule has 0 aromatic rings. The molecule has 0 aliphatic carbocycles. The monoisotopic (exact) mass is 265 g/mol. The van der Waals surface area contributed by atoms with Gasteiger partial charge in [0.25, 0.3) is 10.2 Å². The predicted octanol–water partition coefficient (Wildman–Crippen LogP) is 0.925. The van der Waals surface area contributed by atoms with Gasteiger partial charge in [0, 0.05) is 19.1 Å². The second-order valence-corrected chi connectivity index (χ2v) is 7.49. The van der Waals surface area contributed by atoms with Crippen LogP contribution >= 0.6 is 0 Å². The average molecular weight is 265 g/mol. The Hall–Kier alpha value is -0.170. The maximum Gasteiger partial charge on any atom is 0.279 e. The maximum absolute atomic E-state index is 12.1. The van der Waals surface area contributed by atoms with Crippen molar-refractivity contribution in [3.05, 3.63) is 0 Å². The fraction of sp³-hybridized carbons (Fsp3) is 1.00. The van der Waals surface area contributed by atoms with Crippen molar-refractivity contribution < 1.29 is 8.42 Å². The predicted molar refractivity (Wildman–Crippen MR) is 71.9 cm³/mol. The SMILES string of the molecule is CC(C)N(C)S(=O)(=O)NC(CCN)C(C)(C)C. The van der Waals surface area contributed by atoms with Gasteiger partial charge < -0.3 is 5.73 Å². The molecule has 0 saturated heterocycles. The molecule has 0 heterocycles. The Balaban J connectivity index is 4.89. The lowest BCUT2D eigenvalue weighted by molar-refractivity contribution is 0.279. The first-order valence-electron chi connectivity index (χ1n) is 5.97. The average Bonchev–Trinajstić information content (AvgIpc) is 2.14. The van der Waals surface area contributed by atoms with Crippen molar-refractivity contribution in [2.24, 2.45) is 11.1 Å². The molecule has 1 atom stereocenters. The Morgan fingerprint density at radius 2 is 1.76 bits per heavy atom. The zero-order valence-electron chi connectivity index (χ0n) is 11.8. The summed E-state index contributed by atoms with van der Waals surface area (Å²) in [5.41, 5.74) is 5.38. The minimum atomic E-state index is -3.44. The Bertz CT molecular complexity index is 320. The van der Waals surface area contributed by atoms with Crippen LogP contribution in [0.25, 0.3) is 0 Å². The van der Waals surface area contributed by atoms with Gasteiger partial charge in [-0.05, 0) is 32.2 Å². The number of nitrogens with zero attached hydrogens (tertiary/aromatic N) is 1. The minimum Gasteiger partial charge on any atom is -0.330 e. The Morgan fingerprint density at radius 1 is 1.29 bits per heavy atom. The second-order valence-electron chi connectivity index (χ2n) is 5.73. The van der Waals surface area contributed by atoms with Crippen LogP contribution in [0, 0.1) is 5.41 Å². The van der Waals surface area contributed by atoms with Crippen LogP contribution in [0.2, 0.25) is 0 Å². The van der Waals surface area contributed by atoms with E-state index in [4.69, 9.17) is 5.73 Å². The van der Waals surface area contributed by atoms with Crippen LogP contribution in [0.15, 0.2) is 0 Å². The molecule has 0 fully saturated rings. The van der Waals surface area contributed by atoms with Crippen LogP contribution in [0.5, 0.6) is 0 Å². The zero-order valence-corrected chi connectivity index (χ0v) is 12.6. The van der Waals surface area contributed by atoms with Gasteiger partial charge in [0.1, 0.15) is 0 Å². The quantitative estimate of drug-likeness (QED) is 0.750. The summed E-state index contributed by atoms with van der Waals surface area (Å²) in [6, 6.07) is -0.218. The zero-order chi connectivity index (χ0) is 13.9. The number of hydrogen-bond donors (Lipinski definition) is 2. The Kier molecular flexibility index (Phi) is 6.07. The number of rotatable bonds is 6. The van der Waals surface area contributed by atoms with Gasteiger partial charge in [-0.2, -0.15) is 17.4 Å². The molecule has 17 heavy (non-hydrogen) atoms. The molecule has 0 aromatic carbocycles. The van der Waals surface area contributed by atoms with Gasteiger partial charge in [-0.25, -0.2) is 0 Å². The molecular formula is C11H27N3O2S. The molecule has 0 spiro atoms.